The Labute approximate surface area is 84.2 Å². The second-order valence-electron chi connectivity index (χ2n) is 3.66. The van der Waals surface area contributed by atoms with Crippen molar-refractivity contribution in [2.24, 2.45) is 0 Å². The van der Waals surface area contributed by atoms with Gasteiger partial charge in [0.15, 0.2) is 0 Å². The van der Waals surface area contributed by atoms with Crippen molar-refractivity contribution in [3.8, 4) is 0 Å². The van der Waals surface area contributed by atoms with Gasteiger partial charge in [-0.15, -0.1) is 0 Å². The Morgan fingerprint density at radius 3 is 1.50 bits per heavy atom. The lowest BCUT2D eigenvalue weighted by Gasteiger charge is -2.21. The third kappa shape index (κ3) is 1.78. The minimum Gasteiger partial charge on any atom is -0.297 e. The highest BCUT2D eigenvalue weighted by Crippen LogP contribution is 2.21. The predicted molar refractivity (Wildman–Crippen MR) is 53.1 cm³/mol. The molecule has 0 aromatic heterocycles. The van der Waals surface area contributed by atoms with Crippen molar-refractivity contribution in [1.29, 1.82) is 0 Å². The van der Waals surface area contributed by atoms with E-state index in [4.69, 9.17) is 0 Å². The summed E-state index contributed by atoms with van der Waals surface area (Å²) >= 11 is 0. The van der Waals surface area contributed by atoms with Crippen molar-refractivity contribution in [3.05, 3.63) is 11.4 Å². The second kappa shape index (κ2) is 3.82. The van der Waals surface area contributed by atoms with E-state index in [9.17, 15) is 9.59 Å². The van der Waals surface area contributed by atoms with Gasteiger partial charge in [0.25, 0.3) is 0 Å². The molecule has 0 atom stereocenters. The van der Waals surface area contributed by atoms with Crippen LogP contribution in [-0.2, 0) is 9.59 Å². The maximum atomic E-state index is 11.3. The van der Waals surface area contributed by atoms with Gasteiger partial charge in [-0.25, -0.2) is 0 Å². The van der Waals surface area contributed by atoms with Gasteiger partial charge in [0.05, 0.1) is 0 Å². The number of carbonyl (C=O) groups excluding carboxylic acids is 2. The van der Waals surface area contributed by atoms with Crippen molar-refractivity contribution >= 4 is 11.8 Å². The number of hydrogen-bond acceptors (Lipinski definition) is 2. The molecule has 1 saturated heterocycles. The molecule has 0 radical (unpaired) electrons. The van der Waals surface area contributed by atoms with E-state index in [1.165, 1.54) is 13.8 Å². The van der Waals surface area contributed by atoms with Crippen LogP contribution in [0.5, 0.6) is 0 Å². The molecule has 0 N–H and O–H groups in total. The summed E-state index contributed by atoms with van der Waals surface area (Å²) in [5, 5.41) is 0. The quantitative estimate of drug-likeness (QED) is 0.578. The number of nitrogens with zero attached hydrogens (tertiary/aromatic N) is 2. The lowest BCUT2D eigenvalue weighted by molar-refractivity contribution is -0.128. The molecule has 78 valence electrons. The molecule has 0 spiro atoms. The molecular formula is C10H16N2O2. The van der Waals surface area contributed by atoms with E-state index in [0.717, 1.165) is 11.4 Å². The molecule has 0 aliphatic carbocycles. The van der Waals surface area contributed by atoms with Crippen molar-refractivity contribution in [2.75, 3.05) is 13.1 Å². The third-order valence-corrected chi connectivity index (χ3v) is 2.27. The van der Waals surface area contributed by atoms with Gasteiger partial charge in [0.1, 0.15) is 5.82 Å². The highest BCUT2D eigenvalue weighted by atomic mass is 16.2. The molecule has 1 heterocycles. The molecule has 1 aliphatic rings. The van der Waals surface area contributed by atoms with Gasteiger partial charge in [-0.1, -0.05) is 0 Å². The lowest BCUT2D eigenvalue weighted by atomic mass is 10.3. The molecule has 0 unspecified atom stereocenters. The first-order valence-electron chi connectivity index (χ1n) is 4.69. The molecule has 1 fully saturated rings. The summed E-state index contributed by atoms with van der Waals surface area (Å²) in [6.45, 7) is 8.07. The third-order valence-electron chi connectivity index (χ3n) is 2.27. The highest BCUT2D eigenvalue weighted by molar-refractivity contribution is 5.81. The summed E-state index contributed by atoms with van der Waals surface area (Å²) < 4.78 is 0. The van der Waals surface area contributed by atoms with Crippen LogP contribution in [-0.4, -0.2) is 34.7 Å². The zero-order chi connectivity index (χ0) is 10.9. The minimum atomic E-state index is -0.00931. The fourth-order valence-corrected chi connectivity index (χ4v) is 1.71. The van der Waals surface area contributed by atoms with E-state index in [1.54, 1.807) is 9.80 Å². The minimum absolute atomic E-state index is 0.00931. The van der Waals surface area contributed by atoms with Crippen LogP contribution in [0.3, 0.4) is 0 Å². The molecular weight excluding hydrogens is 180 g/mol. The Balaban J connectivity index is 3.04. The summed E-state index contributed by atoms with van der Waals surface area (Å²) in [5.41, 5.74) is 0.993. The summed E-state index contributed by atoms with van der Waals surface area (Å²) in [5.74, 6) is 0.736. The van der Waals surface area contributed by atoms with Crippen LogP contribution in [0.1, 0.15) is 27.7 Å². The summed E-state index contributed by atoms with van der Waals surface area (Å²) in [6.07, 6.45) is 0. The van der Waals surface area contributed by atoms with Crippen LogP contribution < -0.4 is 0 Å². The average molecular weight is 196 g/mol. The van der Waals surface area contributed by atoms with Gasteiger partial charge in [0, 0.05) is 26.9 Å². The Hall–Kier alpha value is -1.32. The summed E-state index contributed by atoms with van der Waals surface area (Å²) in [4.78, 5) is 25.9. The SMILES string of the molecule is CC(=O)N1CCN(C(C)=O)C1=C(C)C. The zero-order valence-corrected chi connectivity index (χ0v) is 9.13. The molecule has 1 aliphatic heterocycles. The number of rotatable bonds is 0. The van der Waals surface area contributed by atoms with E-state index in [1.807, 2.05) is 13.8 Å². The van der Waals surface area contributed by atoms with Gasteiger partial charge in [-0.05, 0) is 19.4 Å². The van der Waals surface area contributed by atoms with E-state index < -0.39 is 0 Å². The van der Waals surface area contributed by atoms with Gasteiger partial charge in [0.2, 0.25) is 11.8 Å². The Morgan fingerprint density at radius 1 is 0.929 bits per heavy atom. The van der Waals surface area contributed by atoms with Crippen LogP contribution in [0, 0.1) is 0 Å². The second-order valence-corrected chi connectivity index (χ2v) is 3.66. The van der Waals surface area contributed by atoms with Gasteiger partial charge in [-0.3, -0.25) is 19.4 Å². The first-order chi connectivity index (χ1) is 6.45. The maximum Gasteiger partial charge on any atom is 0.225 e. The fraction of sp³-hybridized carbons (Fsp3) is 0.600. The van der Waals surface area contributed by atoms with Crippen LogP contribution in [0.15, 0.2) is 11.4 Å². The van der Waals surface area contributed by atoms with E-state index >= 15 is 0 Å². The molecule has 0 saturated carbocycles. The number of allylic oxidation sites excluding steroid dienone is 1. The molecule has 0 aromatic rings. The number of hydrogen-bond donors (Lipinski definition) is 0. The Bertz CT molecular complexity index is 279. The number of amides is 2. The zero-order valence-electron chi connectivity index (χ0n) is 9.13. The molecule has 1 rings (SSSR count). The molecule has 0 aromatic carbocycles. The van der Waals surface area contributed by atoms with Crippen molar-refractivity contribution in [1.82, 2.24) is 9.80 Å². The first kappa shape index (κ1) is 10.8. The van der Waals surface area contributed by atoms with Crippen LogP contribution in [0.4, 0.5) is 0 Å². The Kier molecular flexibility index (Phi) is 2.93. The van der Waals surface area contributed by atoms with Gasteiger partial charge >= 0.3 is 0 Å². The lowest BCUT2D eigenvalue weighted by Crippen LogP contribution is -2.30. The first-order valence-corrected chi connectivity index (χ1v) is 4.69. The fourth-order valence-electron chi connectivity index (χ4n) is 1.71. The topological polar surface area (TPSA) is 40.6 Å². The van der Waals surface area contributed by atoms with Crippen molar-refractivity contribution in [2.45, 2.75) is 27.7 Å². The monoisotopic (exact) mass is 196 g/mol. The summed E-state index contributed by atoms with van der Waals surface area (Å²) in [7, 11) is 0. The molecule has 0 bridgehead atoms. The van der Waals surface area contributed by atoms with Crippen molar-refractivity contribution < 1.29 is 9.59 Å². The standard InChI is InChI=1S/C10H16N2O2/c1-7(2)10-11(8(3)13)5-6-12(10)9(4)14/h5-6H2,1-4H3. The molecule has 4 nitrogen and oxygen atoms in total. The predicted octanol–water partition coefficient (Wildman–Crippen LogP) is 0.948. The number of carbonyl (C=O) groups is 2. The van der Waals surface area contributed by atoms with Crippen molar-refractivity contribution in [3.63, 3.8) is 0 Å². The summed E-state index contributed by atoms with van der Waals surface area (Å²) in [6, 6.07) is 0. The molecule has 4 heteroatoms. The largest absolute Gasteiger partial charge is 0.297 e. The smallest absolute Gasteiger partial charge is 0.225 e. The van der Waals surface area contributed by atoms with Crippen LogP contribution in [0.25, 0.3) is 0 Å². The van der Waals surface area contributed by atoms with Crippen LogP contribution >= 0.6 is 0 Å². The molecule has 14 heavy (non-hydrogen) atoms. The average Bonchev–Trinajstić information content (AvgIpc) is 2.46. The maximum absolute atomic E-state index is 11.3. The van der Waals surface area contributed by atoms with E-state index in [0.29, 0.717) is 13.1 Å². The van der Waals surface area contributed by atoms with E-state index in [-0.39, 0.29) is 11.8 Å². The highest BCUT2D eigenvalue weighted by Gasteiger charge is 2.30. The Morgan fingerprint density at radius 2 is 1.29 bits per heavy atom. The normalized spacial score (nSPS) is 16.1. The molecule has 2 amide bonds. The van der Waals surface area contributed by atoms with Crippen LogP contribution in [0.2, 0.25) is 0 Å². The van der Waals surface area contributed by atoms with Gasteiger partial charge in [-0.2, -0.15) is 0 Å². The van der Waals surface area contributed by atoms with E-state index in [2.05, 4.69) is 0 Å². The van der Waals surface area contributed by atoms with Gasteiger partial charge < -0.3 is 0 Å².